The van der Waals surface area contributed by atoms with Gasteiger partial charge < -0.3 is 14.1 Å². The zero-order valence-electron chi connectivity index (χ0n) is 13.6. The summed E-state index contributed by atoms with van der Waals surface area (Å²) < 4.78 is 24.3. The molecule has 0 saturated heterocycles. The Labute approximate surface area is 139 Å². The van der Waals surface area contributed by atoms with Gasteiger partial charge in [0.25, 0.3) is 5.91 Å². The molecule has 124 valence electrons. The number of nitrogens with zero attached hydrogens (tertiary/aromatic N) is 1. The Morgan fingerprint density at radius 2 is 2.00 bits per heavy atom. The molecule has 0 spiro atoms. The highest BCUT2D eigenvalue weighted by atomic mass is 19.1. The van der Waals surface area contributed by atoms with Crippen LogP contribution in [0.1, 0.15) is 23.0 Å². The third kappa shape index (κ3) is 3.11. The Morgan fingerprint density at radius 3 is 2.71 bits per heavy atom. The predicted molar refractivity (Wildman–Crippen MR) is 89.6 cm³/mol. The molecular weight excluding hydrogens is 309 g/mol. The van der Waals surface area contributed by atoms with E-state index in [0.717, 1.165) is 10.9 Å². The number of para-hydroxylation sites is 1. The van der Waals surface area contributed by atoms with Crippen molar-refractivity contribution >= 4 is 16.9 Å². The summed E-state index contributed by atoms with van der Waals surface area (Å²) in [6, 6.07) is 13.4. The van der Waals surface area contributed by atoms with E-state index >= 15 is 0 Å². The summed E-state index contributed by atoms with van der Waals surface area (Å²) in [5.74, 6) is 0.275. The van der Waals surface area contributed by atoms with Gasteiger partial charge in [0.05, 0.1) is 7.11 Å². The number of amides is 1. The van der Waals surface area contributed by atoms with Crippen LogP contribution in [0, 0.1) is 5.82 Å². The first kappa shape index (κ1) is 16.1. The fraction of sp³-hybridized carbons (Fsp3) is 0.211. The molecule has 3 rings (SSSR count). The lowest BCUT2D eigenvalue weighted by Crippen LogP contribution is -2.30. The highest BCUT2D eigenvalue weighted by Crippen LogP contribution is 2.29. The van der Waals surface area contributed by atoms with Gasteiger partial charge in [-0.25, -0.2) is 4.39 Å². The van der Waals surface area contributed by atoms with Gasteiger partial charge in [0.15, 0.2) is 17.1 Å². The summed E-state index contributed by atoms with van der Waals surface area (Å²) in [6.45, 7) is 2.69. The Kier molecular flexibility index (Phi) is 4.51. The topological polar surface area (TPSA) is 42.7 Å². The van der Waals surface area contributed by atoms with Crippen molar-refractivity contribution in [1.82, 2.24) is 4.90 Å². The number of carbonyl (C=O) groups excluding carboxylic acids is 1. The number of halogens is 1. The largest absolute Gasteiger partial charge is 0.493 e. The molecular formula is C19H18FNO3. The predicted octanol–water partition coefficient (Wildman–Crippen LogP) is 4.24. The van der Waals surface area contributed by atoms with E-state index in [1.165, 1.54) is 12.1 Å². The van der Waals surface area contributed by atoms with Crippen LogP contribution in [0.3, 0.4) is 0 Å². The smallest absolute Gasteiger partial charge is 0.289 e. The van der Waals surface area contributed by atoms with Crippen LogP contribution < -0.4 is 4.74 Å². The molecule has 24 heavy (non-hydrogen) atoms. The van der Waals surface area contributed by atoms with Gasteiger partial charge in [0.1, 0.15) is 5.82 Å². The molecule has 0 atom stereocenters. The molecule has 1 heterocycles. The van der Waals surface area contributed by atoms with Gasteiger partial charge in [-0.3, -0.25) is 4.79 Å². The number of methoxy groups -OCH3 is 1. The standard InChI is InChI=1S/C19H18FNO3/c1-3-21(12-13-6-4-8-15(20)10-13)19(22)17-11-14-7-5-9-16(23-2)18(14)24-17/h4-11H,3,12H2,1-2H3. The van der Waals surface area contributed by atoms with Crippen molar-refractivity contribution in [2.45, 2.75) is 13.5 Å². The Balaban J connectivity index is 1.88. The van der Waals surface area contributed by atoms with E-state index in [-0.39, 0.29) is 17.5 Å². The Hall–Kier alpha value is -2.82. The zero-order chi connectivity index (χ0) is 17.1. The van der Waals surface area contributed by atoms with Crippen molar-refractivity contribution in [3.8, 4) is 5.75 Å². The van der Waals surface area contributed by atoms with Crippen LogP contribution in [0.4, 0.5) is 4.39 Å². The molecule has 1 amide bonds. The molecule has 4 nitrogen and oxygen atoms in total. The lowest BCUT2D eigenvalue weighted by Gasteiger charge is -2.19. The first-order chi connectivity index (χ1) is 11.6. The van der Waals surface area contributed by atoms with Crippen LogP contribution in [-0.2, 0) is 6.54 Å². The Morgan fingerprint density at radius 1 is 1.21 bits per heavy atom. The molecule has 0 aliphatic carbocycles. The summed E-state index contributed by atoms with van der Waals surface area (Å²) in [5.41, 5.74) is 1.28. The van der Waals surface area contributed by atoms with E-state index in [9.17, 15) is 9.18 Å². The highest BCUT2D eigenvalue weighted by Gasteiger charge is 2.20. The van der Waals surface area contributed by atoms with Crippen molar-refractivity contribution in [2.75, 3.05) is 13.7 Å². The SMILES string of the molecule is CCN(Cc1cccc(F)c1)C(=O)c1cc2cccc(OC)c2o1. The molecule has 3 aromatic rings. The third-order valence-electron chi connectivity index (χ3n) is 3.87. The van der Waals surface area contributed by atoms with Gasteiger partial charge in [-0.15, -0.1) is 0 Å². The lowest BCUT2D eigenvalue weighted by atomic mass is 10.2. The molecule has 0 aliphatic heterocycles. The number of carbonyl (C=O) groups is 1. The van der Waals surface area contributed by atoms with Crippen LogP contribution >= 0.6 is 0 Å². The van der Waals surface area contributed by atoms with Crippen molar-refractivity contribution in [3.63, 3.8) is 0 Å². The normalized spacial score (nSPS) is 10.8. The van der Waals surface area contributed by atoms with Crippen LogP contribution in [0.15, 0.2) is 52.9 Å². The van der Waals surface area contributed by atoms with Gasteiger partial charge in [-0.1, -0.05) is 24.3 Å². The van der Waals surface area contributed by atoms with Crippen molar-refractivity contribution in [2.24, 2.45) is 0 Å². The minimum Gasteiger partial charge on any atom is -0.493 e. The van der Waals surface area contributed by atoms with Crippen molar-refractivity contribution < 1.29 is 18.3 Å². The molecule has 0 N–H and O–H groups in total. The van der Waals surface area contributed by atoms with Crippen LogP contribution in [0.2, 0.25) is 0 Å². The minimum atomic E-state index is -0.315. The quantitative estimate of drug-likeness (QED) is 0.704. The highest BCUT2D eigenvalue weighted by molar-refractivity contribution is 5.97. The Bertz CT molecular complexity index is 872. The zero-order valence-corrected chi connectivity index (χ0v) is 13.6. The molecule has 0 fully saturated rings. The summed E-state index contributed by atoms with van der Waals surface area (Å²) >= 11 is 0. The van der Waals surface area contributed by atoms with Crippen molar-refractivity contribution in [1.29, 1.82) is 0 Å². The molecule has 2 aromatic carbocycles. The number of furan rings is 1. The monoisotopic (exact) mass is 327 g/mol. The number of rotatable bonds is 5. The van der Waals surface area contributed by atoms with E-state index in [2.05, 4.69) is 0 Å². The van der Waals surface area contributed by atoms with Crippen LogP contribution in [0.25, 0.3) is 11.0 Å². The summed E-state index contributed by atoms with van der Waals surface area (Å²) in [6.07, 6.45) is 0. The molecule has 0 bridgehead atoms. The number of benzene rings is 2. The fourth-order valence-electron chi connectivity index (χ4n) is 2.64. The molecule has 1 aromatic heterocycles. The second kappa shape index (κ2) is 6.74. The van der Waals surface area contributed by atoms with E-state index in [0.29, 0.717) is 24.4 Å². The van der Waals surface area contributed by atoms with Gasteiger partial charge in [0, 0.05) is 18.5 Å². The maximum absolute atomic E-state index is 13.3. The maximum Gasteiger partial charge on any atom is 0.289 e. The maximum atomic E-state index is 13.3. The van der Waals surface area contributed by atoms with Gasteiger partial charge in [-0.2, -0.15) is 0 Å². The second-order valence-electron chi connectivity index (χ2n) is 5.44. The third-order valence-corrected chi connectivity index (χ3v) is 3.87. The average Bonchev–Trinajstić information content (AvgIpc) is 3.03. The molecule has 0 saturated carbocycles. The summed E-state index contributed by atoms with van der Waals surface area (Å²) in [7, 11) is 1.56. The fourth-order valence-corrected chi connectivity index (χ4v) is 2.64. The number of hydrogen-bond acceptors (Lipinski definition) is 3. The lowest BCUT2D eigenvalue weighted by molar-refractivity contribution is 0.0722. The molecule has 0 radical (unpaired) electrons. The second-order valence-corrected chi connectivity index (χ2v) is 5.44. The summed E-state index contributed by atoms with van der Waals surface area (Å²) in [5, 5.41) is 0.805. The van der Waals surface area contributed by atoms with Crippen LogP contribution in [0.5, 0.6) is 5.75 Å². The number of hydrogen-bond donors (Lipinski definition) is 0. The molecule has 0 aliphatic rings. The average molecular weight is 327 g/mol. The first-order valence-electron chi connectivity index (χ1n) is 7.72. The van der Waals surface area contributed by atoms with Gasteiger partial charge in [-0.05, 0) is 36.8 Å². The van der Waals surface area contributed by atoms with Crippen molar-refractivity contribution in [3.05, 3.63) is 65.7 Å². The van der Waals surface area contributed by atoms with Gasteiger partial charge in [0.2, 0.25) is 0 Å². The molecule has 0 unspecified atom stereocenters. The minimum absolute atomic E-state index is 0.236. The molecule has 5 heteroatoms. The van der Waals surface area contributed by atoms with E-state index in [4.69, 9.17) is 9.15 Å². The number of ether oxygens (including phenoxy) is 1. The van der Waals surface area contributed by atoms with Gasteiger partial charge >= 0.3 is 0 Å². The summed E-state index contributed by atoms with van der Waals surface area (Å²) in [4.78, 5) is 14.3. The van der Waals surface area contributed by atoms with Crippen LogP contribution in [-0.4, -0.2) is 24.5 Å². The van der Waals surface area contributed by atoms with E-state index in [1.807, 2.05) is 19.1 Å². The first-order valence-corrected chi connectivity index (χ1v) is 7.72. The van der Waals surface area contributed by atoms with E-state index < -0.39 is 0 Å². The number of fused-ring (bicyclic) bond motifs is 1. The van der Waals surface area contributed by atoms with E-state index in [1.54, 1.807) is 36.3 Å².